The fourth-order valence-corrected chi connectivity index (χ4v) is 4.83. The van der Waals surface area contributed by atoms with Gasteiger partial charge in [0.25, 0.3) is 5.91 Å². The Hall–Kier alpha value is -3.24. The van der Waals surface area contributed by atoms with Gasteiger partial charge in [-0.25, -0.2) is 8.42 Å². The van der Waals surface area contributed by atoms with Crippen LogP contribution < -0.4 is 10.1 Å². The highest BCUT2D eigenvalue weighted by Gasteiger charge is 2.27. The van der Waals surface area contributed by atoms with E-state index in [0.717, 1.165) is 12.8 Å². The molecule has 4 rings (SSSR count). The Morgan fingerprint density at radius 2 is 1.84 bits per heavy atom. The Kier molecular flexibility index (Phi) is 6.01. The largest absolute Gasteiger partial charge is 0.485 e. The van der Waals surface area contributed by atoms with Gasteiger partial charge in [0.05, 0.1) is 10.5 Å². The van der Waals surface area contributed by atoms with Gasteiger partial charge in [-0.2, -0.15) is 9.29 Å². The smallest absolute Gasteiger partial charge is 0.259 e. The van der Waals surface area contributed by atoms with Crippen LogP contribution in [0.3, 0.4) is 0 Å². The standard InChI is InChI=1S/C21H22N4O5S/c1-15-22-20(24-30-15)14-29-19-7-3-2-6-18(19)21(26)23-16-8-10-17(11-9-16)31(27,28)25-12-4-5-13-25/h2-3,6-11H,4-5,12-14H2,1H3,(H,23,26). The molecule has 10 heteroatoms. The number of nitrogens with zero attached hydrogens (tertiary/aromatic N) is 3. The molecule has 1 aliphatic rings. The van der Waals surface area contributed by atoms with Crippen molar-refractivity contribution in [2.24, 2.45) is 0 Å². The lowest BCUT2D eigenvalue weighted by molar-refractivity contribution is 0.102. The highest BCUT2D eigenvalue weighted by atomic mass is 32.2. The molecule has 0 radical (unpaired) electrons. The quantitative estimate of drug-likeness (QED) is 0.598. The number of aromatic nitrogens is 2. The third-order valence-corrected chi connectivity index (χ3v) is 6.79. The summed E-state index contributed by atoms with van der Waals surface area (Å²) in [5.41, 5.74) is 0.811. The van der Waals surface area contributed by atoms with E-state index in [4.69, 9.17) is 9.26 Å². The van der Waals surface area contributed by atoms with Crippen molar-refractivity contribution >= 4 is 21.6 Å². The Labute approximate surface area is 180 Å². The van der Waals surface area contributed by atoms with Gasteiger partial charge in [-0.15, -0.1) is 0 Å². The second-order valence-corrected chi connectivity index (χ2v) is 9.04. The summed E-state index contributed by atoms with van der Waals surface area (Å²) in [6.45, 7) is 2.83. The molecule has 0 saturated carbocycles. The zero-order chi connectivity index (χ0) is 21.8. The average Bonchev–Trinajstić information content (AvgIpc) is 3.45. The number of ether oxygens (including phenoxy) is 1. The van der Waals surface area contributed by atoms with E-state index >= 15 is 0 Å². The van der Waals surface area contributed by atoms with Crippen LogP contribution in [-0.4, -0.2) is 41.9 Å². The van der Waals surface area contributed by atoms with E-state index in [2.05, 4.69) is 15.5 Å². The Morgan fingerprint density at radius 3 is 2.52 bits per heavy atom. The lowest BCUT2D eigenvalue weighted by Crippen LogP contribution is -2.27. The molecular weight excluding hydrogens is 420 g/mol. The summed E-state index contributed by atoms with van der Waals surface area (Å²) in [7, 11) is -3.49. The first-order chi connectivity index (χ1) is 14.9. The van der Waals surface area contributed by atoms with Crippen LogP contribution in [0.15, 0.2) is 57.9 Å². The van der Waals surface area contributed by atoms with Crippen LogP contribution in [-0.2, 0) is 16.6 Å². The molecule has 0 aliphatic carbocycles. The number of hydrogen-bond acceptors (Lipinski definition) is 7. The molecule has 2 aromatic carbocycles. The summed E-state index contributed by atoms with van der Waals surface area (Å²) >= 11 is 0. The lowest BCUT2D eigenvalue weighted by atomic mass is 10.2. The summed E-state index contributed by atoms with van der Waals surface area (Å²) < 4.78 is 37.3. The van der Waals surface area contributed by atoms with Crippen molar-refractivity contribution in [2.45, 2.75) is 31.3 Å². The van der Waals surface area contributed by atoms with Crippen molar-refractivity contribution in [1.29, 1.82) is 0 Å². The second kappa shape index (κ2) is 8.86. The molecule has 1 amide bonds. The first-order valence-electron chi connectivity index (χ1n) is 9.86. The number of anilines is 1. The first kappa shape index (κ1) is 21.0. The molecular formula is C21H22N4O5S. The third kappa shape index (κ3) is 4.75. The number of amides is 1. The number of hydrogen-bond donors (Lipinski definition) is 1. The molecule has 0 atom stereocenters. The van der Waals surface area contributed by atoms with Crippen LogP contribution in [0.5, 0.6) is 5.75 Å². The third-order valence-electron chi connectivity index (χ3n) is 4.87. The van der Waals surface area contributed by atoms with Gasteiger partial charge in [0, 0.05) is 25.7 Å². The Morgan fingerprint density at radius 1 is 1.13 bits per heavy atom. The van der Waals surface area contributed by atoms with E-state index in [-0.39, 0.29) is 17.4 Å². The van der Waals surface area contributed by atoms with Crippen molar-refractivity contribution in [3.05, 3.63) is 65.8 Å². The fourth-order valence-electron chi connectivity index (χ4n) is 3.31. The van der Waals surface area contributed by atoms with Crippen LogP contribution in [0.4, 0.5) is 5.69 Å². The van der Waals surface area contributed by atoms with Crippen molar-refractivity contribution < 1.29 is 22.5 Å². The van der Waals surface area contributed by atoms with Crippen LogP contribution in [0.1, 0.15) is 34.9 Å². The molecule has 1 aromatic heterocycles. The van der Waals surface area contributed by atoms with Gasteiger partial charge in [0.15, 0.2) is 6.61 Å². The zero-order valence-electron chi connectivity index (χ0n) is 16.9. The Balaban J connectivity index is 1.45. The van der Waals surface area contributed by atoms with Gasteiger partial charge < -0.3 is 14.6 Å². The average molecular weight is 442 g/mol. The minimum atomic E-state index is -3.49. The van der Waals surface area contributed by atoms with Crippen molar-refractivity contribution in [2.75, 3.05) is 18.4 Å². The van der Waals surface area contributed by atoms with Crippen molar-refractivity contribution in [1.82, 2.24) is 14.4 Å². The molecule has 1 N–H and O–H groups in total. The molecule has 0 spiro atoms. The molecule has 9 nitrogen and oxygen atoms in total. The lowest BCUT2D eigenvalue weighted by Gasteiger charge is -2.16. The zero-order valence-corrected chi connectivity index (χ0v) is 17.8. The topological polar surface area (TPSA) is 115 Å². The van der Waals surface area contributed by atoms with Gasteiger partial charge in [0.1, 0.15) is 5.75 Å². The molecule has 3 aromatic rings. The predicted molar refractivity (Wildman–Crippen MR) is 112 cm³/mol. The summed E-state index contributed by atoms with van der Waals surface area (Å²) in [5, 5.41) is 6.54. The van der Waals surface area contributed by atoms with E-state index in [0.29, 0.717) is 41.8 Å². The van der Waals surface area contributed by atoms with E-state index in [1.54, 1.807) is 43.3 Å². The van der Waals surface area contributed by atoms with E-state index in [1.807, 2.05) is 0 Å². The van der Waals surface area contributed by atoms with Gasteiger partial charge >= 0.3 is 0 Å². The van der Waals surface area contributed by atoms with Crippen LogP contribution in [0, 0.1) is 6.92 Å². The minimum Gasteiger partial charge on any atom is -0.485 e. The molecule has 162 valence electrons. The van der Waals surface area contributed by atoms with Gasteiger partial charge in [-0.05, 0) is 49.2 Å². The fraction of sp³-hybridized carbons (Fsp3) is 0.286. The summed E-state index contributed by atoms with van der Waals surface area (Å²) in [4.78, 5) is 17.1. The van der Waals surface area contributed by atoms with Gasteiger partial charge in [0.2, 0.25) is 21.7 Å². The highest BCUT2D eigenvalue weighted by molar-refractivity contribution is 7.89. The van der Waals surface area contributed by atoms with Gasteiger partial charge in [-0.3, -0.25) is 4.79 Å². The number of rotatable bonds is 7. The van der Waals surface area contributed by atoms with E-state index in [9.17, 15) is 13.2 Å². The highest BCUT2D eigenvalue weighted by Crippen LogP contribution is 2.24. The molecule has 0 bridgehead atoms. The SMILES string of the molecule is Cc1nc(COc2ccccc2C(=O)Nc2ccc(S(=O)(=O)N3CCCC3)cc2)no1. The van der Waals surface area contributed by atoms with Crippen LogP contribution in [0.2, 0.25) is 0 Å². The molecule has 0 unspecified atom stereocenters. The van der Waals surface area contributed by atoms with Crippen molar-refractivity contribution in [3.63, 3.8) is 0 Å². The van der Waals surface area contributed by atoms with E-state index in [1.165, 1.54) is 16.4 Å². The molecule has 31 heavy (non-hydrogen) atoms. The number of aryl methyl sites for hydroxylation is 1. The van der Waals surface area contributed by atoms with Crippen molar-refractivity contribution in [3.8, 4) is 5.75 Å². The number of benzene rings is 2. The summed E-state index contributed by atoms with van der Waals surface area (Å²) in [5.74, 6) is 0.799. The summed E-state index contributed by atoms with van der Waals surface area (Å²) in [6, 6.07) is 13.0. The second-order valence-electron chi connectivity index (χ2n) is 7.10. The minimum absolute atomic E-state index is 0.0602. The number of carbonyl (C=O) groups is 1. The maximum Gasteiger partial charge on any atom is 0.259 e. The first-order valence-corrected chi connectivity index (χ1v) is 11.3. The predicted octanol–water partition coefficient (Wildman–Crippen LogP) is 2.99. The maximum absolute atomic E-state index is 12.8. The molecule has 1 aliphatic heterocycles. The molecule has 2 heterocycles. The molecule has 1 saturated heterocycles. The normalized spacial score (nSPS) is 14.5. The van der Waals surface area contributed by atoms with Crippen LogP contribution >= 0.6 is 0 Å². The monoisotopic (exact) mass is 442 g/mol. The van der Waals surface area contributed by atoms with Crippen LogP contribution in [0.25, 0.3) is 0 Å². The van der Waals surface area contributed by atoms with E-state index < -0.39 is 10.0 Å². The number of para-hydroxylation sites is 1. The van der Waals surface area contributed by atoms with Gasteiger partial charge in [-0.1, -0.05) is 17.3 Å². The number of carbonyl (C=O) groups excluding carboxylic acids is 1. The summed E-state index contributed by atoms with van der Waals surface area (Å²) in [6.07, 6.45) is 1.75. The Bertz CT molecular complexity index is 1170. The number of sulfonamides is 1. The number of nitrogens with one attached hydrogen (secondary N) is 1. The maximum atomic E-state index is 12.8. The molecule has 1 fully saturated rings.